The van der Waals surface area contributed by atoms with Crippen LogP contribution in [0.1, 0.15) is 11.1 Å². The van der Waals surface area contributed by atoms with E-state index in [1.807, 2.05) is 49.4 Å². The topological polar surface area (TPSA) is 55.1 Å². The lowest BCUT2D eigenvalue weighted by Crippen LogP contribution is -2.24. The first-order valence-electron chi connectivity index (χ1n) is 6.54. The summed E-state index contributed by atoms with van der Waals surface area (Å²) >= 11 is 7.27. The molecule has 2 aromatic rings. The molecule has 5 heteroatoms. The van der Waals surface area contributed by atoms with Gasteiger partial charge in [0.25, 0.3) is 0 Å². The van der Waals surface area contributed by atoms with Crippen molar-refractivity contribution in [3.63, 3.8) is 0 Å². The number of nitrogen functional groups attached to an aromatic ring is 1. The molecule has 2 aromatic carbocycles. The summed E-state index contributed by atoms with van der Waals surface area (Å²) < 4.78 is 0. The highest BCUT2D eigenvalue weighted by Crippen LogP contribution is 2.25. The number of aryl methyl sites for hydroxylation is 1. The van der Waals surface area contributed by atoms with Crippen molar-refractivity contribution in [3.8, 4) is 0 Å². The van der Waals surface area contributed by atoms with Gasteiger partial charge in [0.05, 0.1) is 5.75 Å². The lowest BCUT2D eigenvalue weighted by Gasteiger charge is -2.08. The fraction of sp³-hybridized carbons (Fsp3) is 0.188. The lowest BCUT2D eigenvalue weighted by atomic mass is 10.2. The fourth-order valence-electron chi connectivity index (χ4n) is 1.76. The van der Waals surface area contributed by atoms with Gasteiger partial charge in [-0.15, -0.1) is 11.8 Å². The van der Waals surface area contributed by atoms with E-state index in [1.165, 1.54) is 11.8 Å². The number of amides is 1. The largest absolute Gasteiger partial charge is 0.398 e. The smallest absolute Gasteiger partial charge is 0.230 e. The zero-order valence-corrected chi connectivity index (χ0v) is 13.3. The van der Waals surface area contributed by atoms with E-state index in [4.69, 9.17) is 17.3 Å². The van der Waals surface area contributed by atoms with Gasteiger partial charge in [0.2, 0.25) is 5.91 Å². The lowest BCUT2D eigenvalue weighted by molar-refractivity contribution is -0.118. The molecule has 0 saturated carbocycles. The van der Waals surface area contributed by atoms with Crippen LogP contribution in [0.2, 0.25) is 5.02 Å². The molecule has 2 rings (SSSR count). The summed E-state index contributed by atoms with van der Waals surface area (Å²) in [4.78, 5) is 12.8. The van der Waals surface area contributed by atoms with E-state index in [0.717, 1.165) is 16.0 Å². The van der Waals surface area contributed by atoms with Crippen molar-refractivity contribution < 1.29 is 4.79 Å². The first-order chi connectivity index (χ1) is 10.0. The summed E-state index contributed by atoms with van der Waals surface area (Å²) in [5.41, 5.74) is 8.75. The van der Waals surface area contributed by atoms with Crippen LogP contribution in [-0.2, 0) is 11.3 Å². The van der Waals surface area contributed by atoms with Crippen LogP contribution in [-0.4, -0.2) is 11.7 Å². The van der Waals surface area contributed by atoms with Gasteiger partial charge in [-0.25, -0.2) is 0 Å². The third-order valence-electron chi connectivity index (χ3n) is 2.93. The van der Waals surface area contributed by atoms with Crippen LogP contribution in [0, 0.1) is 6.92 Å². The van der Waals surface area contributed by atoms with Crippen LogP contribution in [0.5, 0.6) is 0 Å². The second-order valence-corrected chi connectivity index (χ2v) is 6.19. The average molecular weight is 321 g/mol. The van der Waals surface area contributed by atoms with E-state index < -0.39 is 0 Å². The van der Waals surface area contributed by atoms with Crippen molar-refractivity contribution in [1.82, 2.24) is 5.32 Å². The fourth-order valence-corrected chi connectivity index (χ4v) is 2.78. The van der Waals surface area contributed by atoms with Crippen LogP contribution >= 0.6 is 23.4 Å². The molecular formula is C16H17ClN2OS. The van der Waals surface area contributed by atoms with Gasteiger partial charge in [-0.1, -0.05) is 29.8 Å². The average Bonchev–Trinajstić information content (AvgIpc) is 2.47. The molecule has 0 aromatic heterocycles. The Balaban J connectivity index is 1.82. The van der Waals surface area contributed by atoms with E-state index in [9.17, 15) is 4.79 Å². The third kappa shape index (κ3) is 4.99. The second kappa shape index (κ2) is 7.38. The molecular weight excluding hydrogens is 304 g/mol. The van der Waals surface area contributed by atoms with Crippen molar-refractivity contribution in [2.75, 3.05) is 11.5 Å². The van der Waals surface area contributed by atoms with Crippen LogP contribution in [0.25, 0.3) is 0 Å². The van der Waals surface area contributed by atoms with Crippen molar-refractivity contribution in [2.24, 2.45) is 0 Å². The SMILES string of the molecule is Cc1ccc(N)c(SCC(=O)NCc2ccc(Cl)cc2)c1. The molecule has 0 fully saturated rings. The number of nitrogens with two attached hydrogens (primary N) is 1. The maximum atomic E-state index is 11.9. The summed E-state index contributed by atoms with van der Waals surface area (Å²) in [7, 11) is 0. The number of nitrogens with one attached hydrogen (secondary N) is 1. The normalized spacial score (nSPS) is 10.4. The highest BCUT2D eigenvalue weighted by molar-refractivity contribution is 8.00. The Hall–Kier alpha value is -1.65. The summed E-state index contributed by atoms with van der Waals surface area (Å²) in [6.45, 7) is 2.50. The van der Waals surface area contributed by atoms with Gasteiger partial charge >= 0.3 is 0 Å². The van der Waals surface area contributed by atoms with Crippen LogP contribution in [0.3, 0.4) is 0 Å². The zero-order valence-electron chi connectivity index (χ0n) is 11.7. The van der Waals surface area contributed by atoms with Gasteiger partial charge in [0, 0.05) is 22.2 Å². The predicted molar refractivity (Wildman–Crippen MR) is 89.6 cm³/mol. The standard InChI is InChI=1S/C16H17ClN2OS/c1-11-2-7-14(18)15(8-11)21-10-16(20)19-9-12-3-5-13(17)6-4-12/h2-8H,9-10,18H2,1H3,(H,19,20). The molecule has 0 unspecified atom stereocenters. The molecule has 0 aliphatic heterocycles. The Labute approximate surface area is 133 Å². The Morgan fingerprint density at radius 2 is 1.95 bits per heavy atom. The van der Waals surface area contributed by atoms with Crippen molar-refractivity contribution in [1.29, 1.82) is 0 Å². The highest BCUT2D eigenvalue weighted by Gasteiger charge is 2.05. The molecule has 0 aliphatic rings. The molecule has 0 saturated heterocycles. The number of carbonyl (C=O) groups is 1. The van der Waals surface area contributed by atoms with Gasteiger partial charge in [0.15, 0.2) is 0 Å². The number of halogens is 1. The summed E-state index contributed by atoms with van der Waals surface area (Å²) in [6, 6.07) is 13.2. The first-order valence-corrected chi connectivity index (χ1v) is 7.91. The molecule has 0 atom stereocenters. The van der Waals surface area contributed by atoms with Crippen LogP contribution in [0.4, 0.5) is 5.69 Å². The van der Waals surface area contributed by atoms with Crippen LogP contribution < -0.4 is 11.1 Å². The highest BCUT2D eigenvalue weighted by atomic mass is 35.5. The van der Waals surface area contributed by atoms with E-state index in [-0.39, 0.29) is 5.91 Å². The van der Waals surface area contributed by atoms with Gasteiger partial charge < -0.3 is 11.1 Å². The Morgan fingerprint density at radius 3 is 2.67 bits per heavy atom. The van der Waals surface area contributed by atoms with Gasteiger partial charge in [0.1, 0.15) is 0 Å². The number of benzene rings is 2. The molecule has 1 amide bonds. The Bertz CT molecular complexity index is 629. The summed E-state index contributed by atoms with van der Waals surface area (Å²) in [6.07, 6.45) is 0. The molecule has 21 heavy (non-hydrogen) atoms. The maximum absolute atomic E-state index is 11.9. The summed E-state index contributed by atoms with van der Waals surface area (Å²) in [5.74, 6) is 0.331. The molecule has 0 bridgehead atoms. The van der Waals surface area contributed by atoms with Gasteiger partial charge in [-0.2, -0.15) is 0 Å². The quantitative estimate of drug-likeness (QED) is 0.653. The zero-order chi connectivity index (χ0) is 15.2. The van der Waals surface area contributed by atoms with E-state index in [2.05, 4.69) is 5.32 Å². The van der Waals surface area contributed by atoms with Crippen LogP contribution in [0.15, 0.2) is 47.4 Å². The van der Waals surface area contributed by atoms with E-state index in [0.29, 0.717) is 23.0 Å². The number of hydrogen-bond donors (Lipinski definition) is 2. The Morgan fingerprint density at radius 1 is 1.24 bits per heavy atom. The number of anilines is 1. The molecule has 0 aliphatic carbocycles. The molecule has 0 spiro atoms. The van der Waals surface area contributed by atoms with E-state index in [1.54, 1.807) is 0 Å². The van der Waals surface area contributed by atoms with Crippen molar-refractivity contribution >= 4 is 35.0 Å². The summed E-state index contributed by atoms with van der Waals surface area (Å²) in [5, 5.41) is 3.57. The van der Waals surface area contributed by atoms with E-state index >= 15 is 0 Å². The molecule has 0 radical (unpaired) electrons. The molecule has 110 valence electrons. The minimum atomic E-state index is -0.0177. The van der Waals surface area contributed by atoms with Gasteiger partial charge in [-0.3, -0.25) is 4.79 Å². The number of rotatable bonds is 5. The number of thioether (sulfide) groups is 1. The number of hydrogen-bond acceptors (Lipinski definition) is 3. The van der Waals surface area contributed by atoms with Crippen molar-refractivity contribution in [2.45, 2.75) is 18.4 Å². The molecule has 0 heterocycles. The first kappa shape index (κ1) is 15.7. The molecule has 3 nitrogen and oxygen atoms in total. The number of carbonyl (C=O) groups excluding carboxylic acids is 1. The van der Waals surface area contributed by atoms with Gasteiger partial charge in [-0.05, 0) is 42.3 Å². The second-order valence-electron chi connectivity index (χ2n) is 4.73. The van der Waals surface area contributed by atoms with Crippen molar-refractivity contribution in [3.05, 3.63) is 58.6 Å². The monoisotopic (exact) mass is 320 g/mol. The minimum Gasteiger partial charge on any atom is -0.398 e. The Kier molecular flexibility index (Phi) is 5.53. The minimum absolute atomic E-state index is 0.0177. The third-order valence-corrected chi connectivity index (χ3v) is 4.25. The molecule has 3 N–H and O–H groups in total. The maximum Gasteiger partial charge on any atom is 0.230 e. The predicted octanol–water partition coefficient (Wildman–Crippen LogP) is 3.64.